The highest BCUT2D eigenvalue weighted by molar-refractivity contribution is 6.30. The van der Waals surface area contributed by atoms with Gasteiger partial charge >= 0.3 is 0 Å². The molecule has 1 amide bonds. The lowest BCUT2D eigenvalue weighted by atomic mass is 10.2. The van der Waals surface area contributed by atoms with Gasteiger partial charge in [-0.05, 0) is 43.5 Å². The second-order valence-electron chi connectivity index (χ2n) is 5.80. The van der Waals surface area contributed by atoms with Crippen molar-refractivity contribution in [3.8, 4) is 0 Å². The maximum Gasteiger partial charge on any atom is 0.270 e. The van der Waals surface area contributed by atoms with Crippen molar-refractivity contribution >= 4 is 29.1 Å². The zero-order chi connectivity index (χ0) is 16.2. The number of hydrogen-bond donors (Lipinski definition) is 2. The van der Waals surface area contributed by atoms with Gasteiger partial charge in [0.05, 0.1) is 0 Å². The van der Waals surface area contributed by atoms with Crippen LogP contribution in [0.2, 0.25) is 5.02 Å². The Labute approximate surface area is 140 Å². The van der Waals surface area contributed by atoms with Gasteiger partial charge in [-0.1, -0.05) is 30.5 Å². The van der Waals surface area contributed by atoms with E-state index in [2.05, 4.69) is 20.6 Å². The first-order chi connectivity index (χ1) is 11.1. The third kappa shape index (κ3) is 3.99. The summed E-state index contributed by atoms with van der Waals surface area (Å²) in [6, 6.07) is 7.45. The second-order valence-corrected chi connectivity index (χ2v) is 6.24. The number of benzene rings is 1. The van der Waals surface area contributed by atoms with E-state index in [-0.39, 0.29) is 11.9 Å². The van der Waals surface area contributed by atoms with Gasteiger partial charge in [0.25, 0.3) is 5.91 Å². The van der Waals surface area contributed by atoms with E-state index in [4.69, 9.17) is 11.6 Å². The highest BCUT2D eigenvalue weighted by atomic mass is 35.5. The van der Waals surface area contributed by atoms with Gasteiger partial charge in [-0.15, -0.1) is 0 Å². The van der Waals surface area contributed by atoms with Crippen LogP contribution in [0.5, 0.6) is 0 Å². The Balaban J connectivity index is 1.74. The van der Waals surface area contributed by atoms with Crippen molar-refractivity contribution in [2.45, 2.75) is 38.6 Å². The van der Waals surface area contributed by atoms with Crippen molar-refractivity contribution in [1.82, 2.24) is 15.3 Å². The average molecular weight is 331 g/mol. The minimum absolute atomic E-state index is 0.148. The number of carbonyl (C=O) groups is 1. The van der Waals surface area contributed by atoms with E-state index in [0.29, 0.717) is 16.7 Å². The average Bonchev–Trinajstić information content (AvgIpc) is 3.04. The number of aromatic nitrogens is 2. The summed E-state index contributed by atoms with van der Waals surface area (Å²) < 4.78 is 0. The number of nitrogens with one attached hydrogen (secondary N) is 2. The lowest BCUT2D eigenvalue weighted by molar-refractivity contribution is 0.0933. The third-order valence-corrected chi connectivity index (χ3v) is 4.26. The summed E-state index contributed by atoms with van der Waals surface area (Å²) in [7, 11) is 0. The molecular weight excluding hydrogens is 312 g/mol. The van der Waals surface area contributed by atoms with Crippen LogP contribution in [0.25, 0.3) is 0 Å². The number of aryl methyl sites for hydroxylation is 1. The van der Waals surface area contributed by atoms with Gasteiger partial charge in [-0.25, -0.2) is 9.97 Å². The number of rotatable bonds is 4. The molecule has 1 aliphatic carbocycles. The third-order valence-electron chi connectivity index (χ3n) is 4.02. The molecule has 5 nitrogen and oxygen atoms in total. The van der Waals surface area contributed by atoms with Gasteiger partial charge in [0, 0.05) is 22.9 Å². The fourth-order valence-corrected chi connectivity index (χ4v) is 2.90. The molecule has 0 atom stereocenters. The number of halogens is 1. The fraction of sp³-hybridized carbons (Fsp3) is 0.353. The molecule has 0 radical (unpaired) electrons. The molecule has 1 heterocycles. The molecule has 120 valence electrons. The highest BCUT2D eigenvalue weighted by Crippen LogP contribution is 2.22. The Bertz CT molecular complexity index is 713. The van der Waals surface area contributed by atoms with Crippen LogP contribution < -0.4 is 10.6 Å². The molecule has 0 spiro atoms. The molecule has 2 N–H and O–H groups in total. The van der Waals surface area contributed by atoms with Crippen LogP contribution in [0.15, 0.2) is 30.5 Å². The topological polar surface area (TPSA) is 66.9 Å². The maximum atomic E-state index is 12.3. The minimum Gasteiger partial charge on any atom is -0.348 e. The van der Waals surface area contributed by atoms with Crippen molar-refractivity contribution in [1.29, 1.82) is 0 Å². The summed E-state index contributed by atoms with van der Waals surface area (Å²) in [5.74, 6) is 0.236. The van der Waals surface area contributed by atoms with Gasteiger partial charge in [-0.3, -0.25) is 4.79 Å². The van der Waals surface area contributed by atoms with Crippen LogP contribution in [-0.4, -0.2) is 21.9 Å². The van der Waals surface area contributed by atoms with Crippen molar-refractivity contribution in [3.63, 3.8) is 0 Å². The van der Waals surface area contributed by atoms with Gasteiger partial charge in [0.2, 0.25) is 5.95 Å². The fourth-order valence-electron chi connectivity index (χ4n) is 2.72. The Hall–Kier alpha value is -2.14. The number of nitrogens with zero attached hydrogens (tertiary/aromatic N) is 2. The van der Waals surface area contributed by atoms with E-state index in [0.717, 1.165) is 24.1 Å². The Morgan fingerprint density at radius 1 is 1.26 bits per heavy atom. The summed E-state index contributed by atoms with van der Waals surface area (Å²) in [5.41, 5.74) is 2.22. The Morgan fingerprint density at radius 2 is 2.04 bits per heavy atom. The van der Waals surface area contributed by atoms with Gasteiger partial charge < -0.3 is 10.6 Å². The number of amides is 1. The molecule has 1 fully saturated rings. The number of anilines is 2. The first-order valence-corrected chi connectivity index (χ1v) is 8.17. The van der Waals surface area contributed by atoms with Crippen LogP contribution >= 0.6 is 11.6 Å². The first kappa shape index (κ1) is 15.7. The first-order valence-electron chi connectivity index (χ1n) is 7.79. The predicted octanol–water partition coefficient (Wildman–Crippen LogP) is 3.85. The smallest absolute Gasteiger partial charge is 0.270 e. The van der Waals surface area contributed by atoms with Crippen LogP contribution in [0.4, 0.5) is 11.6 Å². The van der Waals surface area contributed by atoms with E-state index < -0.39 is 0 Å². The van der Waals surface area contributed by atoms with Gasteiger partial charge in [0.1, 0.15) is 5.69 Å². The molecular formula is C17H19ClN4O. The lowest BCUT2D eigenvalue weighted by Crippen LogP contribution is -2.33. The molecule has 6 heteroatoms. The quantitative estimate of drug-likeness (QED) is 0.893. The van der Waals surface area contributed by atoms with E-state index in [9.17, 15) is 4.79 Å². The lowest BCUT2D eigenvalue weighted by Gasteiger charge is -2.12. The minimum atomic E-state index is -0.148. The SMILES string of the molecule is Cc1ccc(Cl)cc1Nc1nccc(C(=O)NC2CCCC2)n1. The molecule has 2 aromatic rings. The zero-order valence-corrected chi connectivity index (χ0v) is 13.7. The summed E-state index contributed by atoms with van der Waals surface area (Å²) >= 11 is 6.01. The van der Waals surface area contributed by atoms with Crippen LogP contribution in [-0.2, 0) is 0 Å². The highest BCUT2D eigenvalue weighted by Gasteiger charge is 2.19. The Kier molecular flexibility index (Phi) is 4.76. The number of hydrogen-bond acceptors (Lipinski definition) is 4. The summed E-state index contributed by atoms with van der Waals surface area (Å²) in [5, 5.41) is 6.78. The molecule has 3 rings (SSSR count). The van der Waals surface area contributed by atoms with Crippen molar-refractivity contribution in [3.05, 3.63) is 46.7 Å². The van der Waals surface area contributed by atoms with Crippen LogP contribution in [0.1, 0.15) is 41.7 Å². The molecule has 0 saturated heterocycles. The molecule has 1 aromatic carbocycles. The second kappa shape index (κ2) is 6.96. The molecule has 1 aromatic heterocycles. The van der Waals surface area contributed by atoms with Crippen molar-refractivity contribution in [2.75, 3.05) is 5.32 Å². The van der Waals surface area contributed by atoms with Crippen LogP contribution in [0, 0.1) is 6.92 Å². The summed E-state index contributed by atoms with van der Waals surface area (Å²) in [6.45, 7) is 1.97. The summed E-state index contributed by atoms with van der Waals surface area (Å²) in [6.07, 6.45) is 6.02. The predicted molar refractivity (Wildman–Crippen MR) is 91.2 cm³/mol. The molecule has 1 saturated carbocycles. The molecule has 0 aliphatic heterocycles. The van der Waals surface area contributed by atoms with E-state index in [1.807, 2.05) is 25.1 Å². The van der Waals surface area contributed by atoms with E-state index >= 15 is 0 Å². The van der Waals surface area contributed by atoms with Gasteiger partial charge in [0.15, 0.2) is 0 Å². The normalized spacial score (nSPS) is 14.7. The summed E-state index contributed by atoms with van der Waals surface area (Å²) in [4.78, 5) is 20.8. The standard InChI is InChI=1S/C17H19ClN4O/c1-11-6-7-12(18)10-15(11)22-17-19-9-8-14(21-17)16(23)20-13-4-2-3-5-13/h6-10,13H,2-5H2,1H3,(H,20,23)(H,19,21,22). The maximum absolute atomic E-state index is 12.3. The van der Waals surface area contributed by atoms with Crippen LogP contribution in [0.3, 0.4) is 0 Å². The molecule has 1 aliphatic rings. The van der Waals surface area contributed by atoms with Crippen molar-refractivity contribution in [2.24, 2.45) is 0 Å². The largest absolute Gasteiger partial charge is 0.348 e. The molecule has 0 bridgehead atoms. The molecule has 0 unspecified atom stereocenters. The van der Waals surface area contributed by atoms with Gasteiger partial charge in [-0.2, -0.15) is 0 Å². The number of carbonyl (C=O) groups excluding carboxylic acids is 1. The van der Waals surface area contributed by atoms with E-state index in [1.165, 1.54) is 12.8 Å². The monoisotopic (exact) mass is 330 g/mol. The molecule has 23 heavy (non-hydrogen) atoms. The zero-order valence-electron chi connectivity index (χ0n) is 13.0. The van der Waals surface area contributed by atoms with Crippen molar-refractivity contribution < 1.29 is 4.79 Å². The Morgan fingerprint density at radius 3 is 2.83 bits per heavy atom. The van der Waals surface area contributed by atoms with E-state index in [1.54, 1.807) is 12.3 Å².